The molecule has 0 aliphatic heterocycles. The normalized spacial score (nSPS) is 12.6. The van der Waals surface area contributed by atoms with Gasteiger partial charge in [0.2, 0.25) is 5.91 Å². The molecule has 6 heteroatoms. The molecular weight excluding hydrogens is 242 g/mol. The van der Waals surface area contributed by atoms with Gasteiger partial charge in [-0.3, -0.25) is 4.79 Å². The van der Waals surface area contributed by atoms with Crippen LogP contribution in [-0.4, -0.2) is 18.6 Å². The molecule has 0 radical (unpaired) electrons. The Kier molecular flexibility index (Phi) is 5.03. The average Bonchev–Trinajstić information content (AvgIpc) is 2.27. The first kappa shape index (κ1) is 14.4. The number of hydrogen-bond donors (Lipinski definition) is 2. The van der Waals surface area contributed by atoms with E-state index in [1.165, 1.54) is 18.2 Å². The van der Waals surface area contributed by atoms with Gasteiger partial charge < -0.3 is 15.8 Å². The number of nitrogens with two attached hydrogens (primary N) is 1. The second-order valence-corrected chi connectivity index (χ2v) is 4.17. The van der Waals surface area contributed by atoms with Crippen molar-refractivity contribution < 1.29 is 18.3 Å². The molecule has 0 spiro atoms. The quantitative estimate of drug-likeness (QED) is 0.851. The third kappa shape index (κ3) is 4.29. The van der Waals surface area contributed by atoms with Gasteiger partial charge in [0.05, 0.1) is 6.04 Å². The zero-order chi connectivity index (χ0) is 13.7. The number of anilines is 1. The summed E-state index contributed by atoms with van der Waals surface area (Å²) >= 11 is 0. The van der Waals surface area contributed by atoms with Gasteiger partial charge in [-0.05, 0) is 18.1 Å². The molecule has 1 aromatic rings. The van der Waals surface area contributed by atoms with Crippen LogP contribution in [0.5, 0.6) is 5.75 Å². The zero-order valence-corrected chi connectivity index (χ0v) is 10.2. The molecule has 100 valence electrons. The molecule has 3 N–H and O–H groups in total. The first-order valence-electron chi connectivity index (χ1n) is 5.51. The maximum Gasteiger partial charge on any atom is 0.387 e. The summed E-state index contributed by atoms with van der Waals surface area (Å²) in [5.41, 5.74) is 6.03. The second kappa shape index (κ2) is 6.30. The first-order valence-corrected chi connectivity index (χ1v) is 5.51. The monoisotopic (exact) mass is 258 g/mol. The van der Waals surface area contributed by atoms with Gasteiger partial charge in [0.25, 0.3) is 0 Å². The zero-order valence-electron chi connectivity index (χ0n) is 10.2. The van der Waals surface area contributed by atoms with Gasteiger partial charge in [0, 0.05) is 11.8 Å². The number of hydrogen-bond acceptors (Lipinski definition) is 3. The summed E-state index contributed by atoms with van der Waals surface area (Å²) in [4.78, 5) is 11.7. The topological polar surface area (TPSA) is 64.4 Å². The predicted octanol–water partition coefficient (Wildman–Crippen LogP) is 2.21. The molecule has 0 aliphatic carbocycles. The summed E-state index contributed by atoms with van der Waals surface area (Å²) in [7, 11) is 0. The lowest BCUT2D eigenvalue weighted by atomic mass is 10.0. The van der Waals surface area contributed by atoms with Gasteiger partial charge >= 0.3 is 6.61 Å². The number of benzene rings is 1. The van der Waals surface area contributed by atoms with Crippen molar-refractivity contribution in [1.29, 1.82) is 0 Å². The highest BCUT2D eigenvalue weighted by molar-refractivity contribution is 5.94. The van der Waals surface area contributed by atoms with Crippen molar-refractivity contribution in [1.82, 2.24) is 0 Å². The summed E-state index contributed by atoms with van der Waals surface area (Å²) in [5.74, 6) is -0.384. The number of carbonyl (C=O) groups is 1. The van der Waals surface area contributed by atoms with E-state index in [0.29, 0.717) is 5.69 Å². The summed E-state index contributed by atoms with van der Waals surface area (Å²) in [6.07, 6.45) is 0. The van der Waals surface area contributed by atoms with Crippen molar-refractivity contribution in [3.05, 3.63) is 24.3 Å². The minimum Gasteiger partial charge on any atom is -0.435 e. The molecule has 1 unspecified atom stereocenters. The van der Waals surface area contributed by atoms with E-state index < -0.39 is 12.7 Å². The molecule has 18 heavy (non-hydrogen) atoms. The predicted molar refractivity (Wildman–Crippen MR) is 64.5 cm³/mol. The maximum atomic E-state index is 12.0. The van der Waals surface area contributed by atoms with Crippen LogP contribution < -0.4 is 15.8 Å². The summed E-state index contributed by atoms with van der Waals surface area (Å²) in [5, 5.41) is 2.55. The van der Waals surface area contributed by atoms with Crippen LogP contribution >= 0.6 is 0 Å². The molecule has 0 bridgehead atoms. The molecule has 1 atom stereocenters. The smallest absolute Gasteiger partial charge is 0.387 e. The fourth-order valence-electron chi connectivity index (χ4n) is 1.28. The molecule has 0 aliphatic rings. The third-order valence-corrected chi connectivity index (χ3v) is 2.35. The van der Waals surface area contributed by atoms with Crippen molar-refractivity contribution in [2.24, 2.45) is 11.7 Å². The van der Waals surface area contributed by atoms with E-state index in [9.17, 15) is 13.6 Å². The fraction of sp³-hybridized carbons (Fsp3) is 0.417. The Labute approximate surface area is 104 Å². The van der Waals surface area contributed by atoms with Crippen molar-refractivity contribution in [2.45, 2.75) is 26.5 Å². The average molecular weight is 258 g/mol. The van der Waals surface area contributed by atoms with E-state index >= 15 is 0 Å². The number of rotatable bonds is 5. The fourth-order valence-corrected chi connectivity index (χ4v) is 1.28. The Balaban J connectivity index is 2.70. The Bertz CT molecular complexity index is 411. The van der Waals surface area contributed by atoms with Gasteiger partial charge in [-0.25, -0.2) is 0 Å². The molecule has 0 saturated heterocycles. The Morgan fingerprint density at radius 1 is 1.39 bits per heavy atom. The highest BCUT2D eigenvalue weighted by Gasteiger charge is 2.17. The highest BCUT2D eigenvalue weighted by atomic mass is 19.3. The summed E-state index contributed by atoms with van der Waals surface area (Å²) in [6, 6.07) is 5.13. The van der Waals surface area contributed by atoms with E-state index in [2.05, 4.69) is 10.1 Å². The maximum absolute atomic E-state index is 12.0. The lowest BCUT2D eigenvalue weighted by Gasteiger charge is -2.15. The van der Waals surface area contributed by atoms with E-state index in [0.717, 1.165) is 0 Å². The minimum atomic E-state index is -2.89. The van der Waals surface area contributed by atoms with Gasteiger partial charge in [0.1, 0.15) is 5.75 Å². The Hall–Kier alpha value is -1.69. The Morgan fingerprint density at radius 2 is 2.06 bits per heavy atom. The van der Waals surface area contributed by atoms with Crippen LogP contribution in [-0.2, 0) is 4.79 Å². The number of halogens is 2. The number of ether oxygens (including phenoxy) is 1. The van der Waals surface area contributed by atoms with Crippen LogP contribution in [0.25, 0.3) is 0 Å². The van der Waals surface area contributed by atoms with Crippen molar-refractivity contribution in [2.75, 3.05) is 5.32 Å². The number of carbonyl (C=O) groups excluding carboxylic acids is 1. The van der Waals surface area contributed by atoms with E-state index in [4.69, 9.17) is 5.73 Å². The van der Waals surface area contributed by atoms with Crippen molar-refractivity contribution in [3.8, 4) is 5.75 Å². The van der Waals surface area contributed by atoms with Crippen LogP contribution in [0.2, 0.25) is 0 Å². The SMILES string of the molecule is CC(C)C(N)C(=O)Nc1cccc(OC(F)F)c1. The van der Waals surface area contributed by atoms with Crippen LogP contribution in [0.1, 0.15) is 13.8 Å². The van der Waals surface area contributed by atoms with Crippen molar-refractivity contribution >= 4 is 11.6 Å². The molecule has 1 aromatic carbocycles. The standard InChI is InChI=1S/C12H16F2N2O2/c1-7(2)10(15)11(17)16-8-4-3-5-9(6-8)18-12(13)14/h3-7,10,12H,15H2,1-2H3,(H,16,17). The number of nitrogens with one attached hydrogen (secondary N) is 1. The van der Waals surface area contributed by atoms with E-state index in [-0.39, 0.29) is 17.6 Å². The molecule has 0 saturated carbocycles. The summed E-state index contributed by atoms with van der Waals surface area (Å²) in [6.45, 7) is 0.745. The molecule has 0 heterocycles. The van der Waals surface area contributed by atoms with Gasteiger partial charge in [0.15, 0.2) is 0 Å². The molecule has 1 amide bonds. The Morgan fingerprint density at radius 3 is 2.61 bits per heavy atom. The van der Waals surface area contributed by atoms with Crippen LogP contribution in [0.15, 0.2) is 24.3 Å². The molecule has 1 rings (SSSR count). The molecule has 0 fully saturated rings. The molecule has 0 aromatic heterocycles. The third-order valence-electron chi connectivity index (χ3n) is 2.35. The van der Waals surface area contributed by atoms with Crippen LogP contribution in [0.4, 0.5) is 14.5 Å². The lowest BCUT2D eigenvalue weighted by molar-refractivity contribution is -0.118. The van der Waals surface area contributed by atoms with E-state index in [1.807, 2.05) is 13.8 Å². The number of alkyl halides is 2. The van der Waals surface area contributed by atoms with Crippen LogP contribution in [0, 0.1) is 5.92 Å². The first-order chi connectivity index (χ1) is 8.40. The number of amides is 1. The summed E-state index contributed by atoms with van der Waals surface area (Å²) < 4.78 is 28.3. The second-order valence-electron chi connectivity index (χ2n) is 4.17. The minimum absolute atomic E-state index is 0.00880. The molecular formula is C12H16F2N2O2. The van der Waals surface area contributed by atoms with Crippen LogP contribution in [0.3, 0.4) is 0 Å². The van der Waals surface area contributed by atoms with Gasteiger partial charge in [-0.1, -0.05) is 19.9 Å². The van der Waals surface area contributed by atoms with E-state index in [1.54, 1.807) is 6.07 Å². The van der Waals surface area contributed by atoms with Gasteiger partial charge in [-0.15, -0.1) is 0 Å². The van der Waals surface area contributed by atoms with Crippen molar-refractivity contribution in [3.63, 3.8) is 0 Å². The lowest BCUT2D eigenvalue weighted by Crippen LogP contribution is -2.39. The molecule has 4 nitrogen and oxygen atoms in total. The highest BCUT2D eigenvalue weighted by Crippen LogP contribution is 2.19. The van der Waals surface area contributed by atoms with Gasteiger partial charge in [-0.2, -0.15) is 8.78 Å². The largest absolute Gasteiger partial charge is 0.435 e.